The number of aryl methyl sites for hydroxylation is 1. The molecular formula is C16H16Cl2N2O2. The van der Waals surface area contributed by atoms with Crippen LogP contribution in [0.1, 0.15) is 5.56 Å². The van der Waals surface area contributed by atoms with Crippen LogP contribution >= 0.6 is 23.2 Å². The smallest absolute Gasteiger partial charge is 0.243 e. The minimum atomic E-state index is -0.215. The van der Waals surface area contributed by atoms with Crippen molar-refractivity contribution in [2.45, 2.75) is 6.92 Å². The number of rotatable bonds is 5. The van der Waals surface area contributed by atoms with Crippen molar-refractivity contribution < 1.29 is 9.53 Å². The number of halogens is 2. The lowest BCUT2D eigenvalue weighted by Gasteiger charge is -2.12. The molecule has 0 atom stereocenters. The van der Waals surface area contributed by atoms with E-state index in [0.29, 0.717) is 27.2 Å². The van der Waals surface area contributed by atoms with Gasteiger partial charge in [-0.05, 0) is 42.8 Å². The average molecular weight is 339 g/mol. The summed E-state index contributed by atoms with van der Waals surface area (Å²) in [6, 6.07) is 10.6. The zero-order valence-electron chi connectivity index (χ0n) is 12.2. The van der Waals surface area contributed by atoms with E-state index >= 15 is 0 Å². The fourth-order valence-electron chi connectivity index (χ4n) is 1.91. The van der Waals surface area contributed by atoms with Crippen molar-refractivity contribution in [2.24, 2.45) is 0 Å². The minimum absolute atomic E-state index is 0.0703. The molecule has 0 aliphatic carbocycles. The largest absolute Gasteiger partial charge is 0.495 e. The van der Waals surface area contributed by atoms with Crippen molar-refractivity contribution in [3.8, 4) is 5.75 Å². The summed E-state index contributed by atoms with van der Waals surface area (Å²) < 4.78 is 5.21. The van der Waals surface area contributed by atoms with Crippen LogP contribution in [0.3, 0.4) is 0 Å². The van der Waals surface area contributed by atoms with E-state index in [9.17, 15) is 4.79 Å². The molecule has 0 bridgehead atoms. The van der Waals surface area contributed by atoms with Gasteiger partial charge in [0.1, 0.15) is 5.75 Å². The van der Waals surface area contributed by atoms with Crippen LogP contribution in [0.2, 0.25) is 10.0 Å². The first kappa shape index (κ1) is 16.5. The maximum atomic E-state index is 12.0. The molecule has 1 amide bonds. The van der Waals surface area contributed by atoms with Gasteiger partial charge < -0.3 is 15.4 Å². The number of hydrogen-bond donors (Lipinski definition) is 2. The van der Waals surface area contributed by atoms with E-state index < -0.39 is 0 Å². The molecule has 0 aromatic heterocycles. The molecule has 0 saturated carbocycles. The van der Waals surface area contributed by atoms with Gasteiger partial charge in [-0.3, -0.25) is 4.79 Å². The zero-order chi connectivity index (χ0) is 16.1. The molecule has 2 aromatic carbocycles. The Bertz CT molecular complexity index is 690. The molecule has 2 aromatic rings. The second-order valence-electron chi connectivity index (χ2n) is 4.73. The van der Waals surface area contributed by atoms with Crippen LogP contribution < -0.4 is 15.4 Å². The SMILES string of the molecule is COc1ccc(Cl)cc1NCC(=O)Nc1ccc(C)cc1Cl. The Hall–Kier alpha value is -1.91. The number of nitrogens with one attached hydrogen (secondary N) is 2. The highest BCUT2D eigenvalue weighted by Gasteiger charge is 2.08. The first-order chi connectivity index (χ1) is 10.5. The molecule has 0 aliphatic heterocycles. The molecule has 4 nitrogen and oxygen atoms in total. The van der Waals surface area contributed by atoms with E-state index in [1.165, 1.54) is 0 Å². The van der Waals surface area contributed by atoms with Gasteiger partial charge in [-0.15, -0.1) is 0 Å². The van der Waals surface area contributed by atoms with Crippen LogP contribution in [0.4, 0.5) is 11.4 Å². The van der Waals surface area contributed by atoms with E-state index in [1.54, 1.807) is 37.4 Å². The quantitative estimate of drug-likeness (QED) is 0.851. The first-order valence-electron chi connectivity index (χ1n) is 6.63. The van der Waals surface area contributed by atoms with E-state index in [2.05, 4.69) is 10.6 Å². The maximum absolute atomic E-state index is 12.0. The van der Waals surface area contributed by atoms with Crippen molar-refractivity contribution >= 4 is 40.5 Å². The van der Waals surface area contributed by atoms with Gasteiger partial charge >= 0.3 is 0 Å². The number of benzene rings is 2. The zero-order valence-corrected chi connectivity index (χ0v) is 13.8. The summed E-state index contributed by atoms with van der Waals surface area (Å²) in [6.07, 6.45) is 0. The van der Waals surface area contributed by atoms with Crippen molar-refractivity contribution in [3.63, 3.8) is 0 Å². The highest BCUT2D eigenvalue weighted by atomic mass is 35.5. The fraction of sp³-hybridized carbons (Fsp3) is 0.188. The van der Waals surface area contributed by atoms with E-state index in [1.807, 2.05) is 13.0 Å². The predicted octanol–water partition coefficient (Wildman–Crippen LogP) is 4.36. The van der Waals surface area contributed by atoms with Gasteiger partial charge in [0.15, 0.2) is 0 Å². The summed E-state index contributed by atoms with van der Waals surface area (Å²) in [5, 5.41) is 6.81. The second kappa shape index (κ2) is 7.38. The maximum Gasteiger partial charge on any atom is 0.243 e. The lowest BCUT2D eigenvalue weighted by Crippen LogP contribution is -2.22. The predicted molar refractivity (Wildman–Crippen MR) is 91.3 cm³/mol. The van der Waals surface area contributed by atoms with E-state index in [-0.39, 0.29) is 12.5 Å². The third kappa shape index (κ3) is 4.29. The third-order valence-corrected chi connectivity index (χ3v) is 3.55. The van der Waals surface area contributed by atoms with Crippen LogP contribution in [0.5, 0.6) is 5.75 Å². The third-order valence-electron chi connectivity index (χ3n) is 3.00. The van der Waals surface area contributed by atoms with Gasteiger partial charge in [0, 0.05) is 5.02 Å². The minimum Gasteiger partial charge on any atom is -0.495 e. The molecule has 0 heterocycles. The Labute approximate surface area is 139 Å². The van der Waals surface area contributed by atoms with Gasteiger partial charge in [-0.2, -0.15) is 0 Å². The molecule has 0 aliphatic rings. The van der Waals surface area contributed by atoms with Crippen molar-refractivity contribution in [1.29, 1.82) is 0 Å². The van der Waals surface area contributed by atoms with Crippen LogP contribution in [0.25, 0.3) is 0 Å². The number of ether oxygens (including phenoxy) is 1. The summed E-state index contributed by atoms with van der Waals surface area (Å²) in [4.78, 5) is 12.0. The molecule has 2 N–H and O–H groups in total. The number of amides is 1. The monoisotopic (exact) mass is 338 g/mol. The van der Waals surface area contributed by atoms with Gasteiger partial charge in [0.05, 0.1) is 30.1 Å². The molecule has 6 heteroatoms. The van der Waals surface area contributed by atoms with Crippen LogP contribution in [-0.2, 0) is 4.79 Å². The van der Waals surface area contributed by atoms with E-state index in [0.717, 1.165) is 5.56 Å². The average Bonchev–Trinajstić information content (AvgIpc) is 2.48. The van der Waals surface area contributed by atoms with Crippen molar-refractivity contribution in [3.05, 3.63) is 52.0 Å². The molecule has 0 radical (unpaired) electrons. The lowest BCUT2D eigenvalue weighted by molar-refractivity contribution is -0.114. The Balaban J connectivity index is 2.00. The van der Waals surface area contributed by atoms with Crippen LogP contribution in [0.15, 0.2) is 36.4 Å². The van der Waals surface area contributed by atoms with Crippen molar-refractivity contribution in [2.75, 3.05) is 24.3 Å². The molecule has 0 saturated heterocycles. The molecule has 0 spiro atoms. The summed E-state index contributed by atoms with van der Waals surface area (Å²) in [6.45, 7) is 2.01. The summed E-state index contributed by atoms with van der Waals surface area (Å²) in [5.74, 6) is 0.401. The molecule has 0 fully saturated rings. The Morgan fingerprint density at radius 2 is 1.91 bits per heavy atom. The number of hydrogen-bond acceptors (Lipinski definition) is 3. The number of carbonyl (C=O) groups excluding carboxylic acids is 1. The summed E-state index contributed by atoms with van der Waals surface area (Å²) in [7, 11) is 1.56. The normalized spacial score (nSPS) is 10.2. The summed E-state index contributed by atoms with van der Waals surface area (Å²) >= 11 is 12.0. The highest BCUT2D eigenvalue weighted by molar-refractivity contribution is 6.33. The van der Waals surface area contributed by atoms with Crippen LogP contribution in [0, 0.1) is 6.92 Å². The van der Waals surface area contributed by atoms with Crippen LogP contribution in [-0.4, -0.2) is 19.6 Å². The molecule has 0 unspecified atom stereocenters. The van der Waals surface area contributed by atoms with Gasteiger partial charge in [-0.1, -0.05) is 29.3 Å². The molecule has 116 valence electrons. The first-order valence-corrected chi connectivity index (χ1v) is 7.38. The molecule has 22 heavy (non-hydrogen) atoms. The summed E-state index contributed by atoms with van der Waals surface area (Å²) in [5.41, 5.74) is 2.27. The number of methoxy groups -OCH3 is 1. The molecule has 2 rings (SSSR count). The molecular weight excluding hydrogens is 323 g/mol. The van der Waals surface area contributed by atoms with Crippen molar-refractivity contribution in [1.82, 2.24) is 0 Å². The lowest BCUT2D eigenvalue weighted by atomic mass is 10.2. The standard InChI is InChI=1S/C16H16Cl2N2O2/c1-10-3-5-13(12(18)7-10)20-16(21)9-19-14-8-11(17)4-6-15(14)22-2/h3-8,19H,9H2,1-2H3,(H,20,21). The van der Waals surface area contributed by atoms with Gasteiger partial charge in [-0.25, -0.2) is 0 Å². The second-order valence-corrected chi connectivity index (χ2v) is 5.57. The highest BCUT2D eigenvalue weighted by Crippen LogP contribution is 2.27. The number of anilines is 2. The Kier molecular flexibility index (Phi) is 5.52. The van der Waals surface area contributed by atoms with Gasteiger partial charge in [0.25, 0.3) is 0 Å². The van der Waals surface area contributed by atoms with E-state index in [4.69, 9.17) is 27.9 Å². The fourth-order valence-corrected chi connectivity index (χ4v) is 2.36. The number of carbonyl (C=O) groups is 1. The Morgan fingerprint density at radius 3 is 2.59 bits per heavy atom. The topological polar surface area (TPSA) is 50.4 Å². The van der Waals surface area contributed by atoms with Gasteiger partial charge in [0.2, 0.25) is 5.91 Å². The Morgan fingerprint density at radius 1 is 1.14 bits per heavy atom.